The third-order valence-corrected chi connectivity index (χ3v) is 5.82. The van der Waals surface area contributed by atoms with Crippen LogP contribution in [-0.2, 0) is 0 Å². The summed E-state index contributed by atoms with van der Waals surface area (Å²) in [5, 5.41) is 0. The normalized spacial score (nSPS) is 14.7. The summed E-state index contributed by atoms with van der Waals surface area (Å²) >= 11 is 0. The highest BCUT2D eigenvalue weighted by molar-refractivity contribution is 5.63. The van der Waals surface area contributed by atoms with Crippen LogP contribution < -0.4 is 14.7 Å². The summed E-state index contributed by atoms with van der Waals surface area (Å²) < 4.78 is 0. The third kappa shape index (κ3) is 4.35. The molecule has 0 bridgehead atoms. The minimum absolute atomic E-state index is 0.184. The third-order valence-electron chi connectivity index (χ3n) is 5.82. The van der Waals surface area contributed by atoms with E-state index < -0.39 is 0 Å². The highest BCUT2D eigenvalue weighted by atomic mass is 15.4. The van der Waals surface area contributed by atoms with Crippen LogP contribution in [0, 0.1) is 13.8 Å². The van der Waals surface area contributed by atoms with Gasteiger partial charge in [0.25, 0.3) is 0 Å². The molecule has 1 aliphatic rings. The first-order valence-corrected chi connectivity index (χ1v) is 10.6. The van der Waals surface area contributed by atoms with E-state index in [0.717, 1.165) is 13.1 Å². The maximum atomic E-state index is 2.49. The largest absolute Gasteiger partial charge is 0.378 e. The molecule has 3 aromatic carbocycles. The van der Waals surface area contributed by atoms with Gasteiger partial charge in [0.2, 0.25) is 0 Å². The van der Waals surface area contributed by atoms with Crippen molar-refractivity contribution in [3.05, 3.63) is 95.6 Å². The molecule has 0 unspecified atom stereocenters. The first-order valence-electron chi connectivity index (χ1n) is 10.6. The van der Waals surface area contributed by atoms with Gasteiger partial charge in [0, 0.05) is 44.2 Å². The van der Waals surface area contributed by atoms with Crippen molar-refractivity contribution in [1.29, 1.82) is 0 Å². The maximum Gasteiger partial charge on any atom is 0.121 e. The zero-order valence-electron chi connectivity index (χ0n) is 18.4. The Morgan fingerprint density at radius 2 is 1.17 bits per heavy atom. The van der Waals surface area contributed by atoms with Crippen molar-refractivity contribution in [3.63, 3.8) is 0 Å². The molecule has 1 aliphatic heterocycles. The fraction of sp³-hybridized carbons (Fsp3) is 0.259. The average molecular weight is 398 g/mol. The number of hydrogen-bond acceptors (Lipinski definition) is 3. The molecule has 154 valence electrons. The zero-order chi connectivity index (χ0) is 21.1. The van der Waals surface area contributed by atoms with Crippen molar-refractivity contribution in [3.8, 4) is 0 Å². The molecule has 0 spiro atoms. The number of hydrogen-bond donors (Lipinski definition) is 0. The molecule has 0 amide bonds. The van der Waals surface area contributed by atoms with Crippen LogP contribution in [0.15, 0.2) is 78.9 Å². The van der Waals surface area contributed by atoms with Gasteiger partial charge in [-0.2, -0.15) is 0 Å². The van der Waals surface area contributed by atoms with Crippen LogP contribution in [0.1, 0.15) is 16.7 Å². The van der Waals surface area contributed by atoms with E-state index in [1.807, 2.05) is 0 Å². The summed E-state index contributed by atoms with van der Waals surface area (Å²) in [6.07, 6.45) is 4.76. The van der Waals surface area contributed by atoms with E-state index in [-0.39, 0.29) is 6.17 Å². The molecule has 3 heteroatoms. The Balaban J connectivity index is 1.64. The standard InChI is InChI=1S/C27H31N3/c1-21-5-12-25(13-6-21)29-19-20-30(26-14-7-22(2)8-15-26)27(29)18-11-23-9-16-24(17-10-23)28(3)4/h5-18,27H,19-20H2,1-4H3/b18-11+. The molecular formula is C27H31N3. The Kier molecular flexibility index (Phi) is 5.80. The second kappa shape index (κ2) is 8.66. The zero-order valence-corrected chi connectivity index (χ0v) is 18.4. The SMILES string of the molecule is Cc1ccc(N2CCN(c3ccc(C)cc3)C2/C=C/c2ccc(N(C)C)cc2)cc1. The molecule has 1 heterocycles. The molecule has 0 N–H and O–H groups in total. The van der Waals surface area contributed by atoms with Gasteiger partial charge < -0.3 is 14.7 Å². The van der Waals surface area contributed by atoms with Gasteiger partial charge in [-0.25, -0.2) is 0 Å². The predicted octanol–water partition coefficient (Wildman–Crippen LogP) is 5.74. The molecule has 0 aromatic heterocycles. The van der Waals surface area contributed by atoms with E-state index in [1.165, 1.54) is 33.8 Å². The van der Waals surface area contributed by atoms with E-state index in [1.54, 1.807) is 0 Å². The van der Waals surface area contributed by atoms with Crippen molar-refractivity contribution >= 4 is 23.1 Å². The summed E-state index contributed by atoms with van der Waals surface area (Å²) in [5.74, 6) is 0. The van der Waals surface area contributed by atoms with E-state index in [9.17, 15) is 0 Å². The van der Waals surface area contributed by atoms with Crippen molar-refractivity contribution in [2.24, 2.45) is 0 Å². The van der Waals surface area contributed by atoms with Gasteiger partial charge in [-0.05, 0) is 61.9 Å². The summed E-state index contributed by atoms with van der Waals surface area (Å²) in [7, 11) is 4.14. The van der Waals surface area contributed by atoms with Crippen LogP contribution in [-0.4, -0.2) is 33.4 Å². The maximum absolute atomic E-state index is 2.49. The fourth-order valence-electron chi connectivity index (χ4n) is 3.97. The smallest absolute Gasteiger partial charge is 0.121 e. The quantitative estimate of drug-likeness (QED) is 0.544. The number of benzene rings is 3. The topological polar surface area (TPSA) is 9.72 Å². The van der Waals surface area contributed by atoms with E-state index in [4.69, 9.17) is 0 Å². The van der Waals surface area contributed by atoms with Crippen molar-refractivity contribution in [2.45, 2.75) is 20.0 Å². The van der Waals surface area contributed by atoms with E-state index in [0.29, 0.717) is 0 Å². The number of aryl methyl sites for hydroxylation is 2. The molecule has 30 heavy (non-hydrogen) atoms. The van der Waals surface area contributed by atoms with Gasteiger partial charge in [0.15, 0.2) is 0 Å². The van der Waals surface area contributed by atoms with Crippen LogP contribution in [0.3, 0.4) is 0 Å². The first kappa shape index (κ1) is 20.1. The van der Waals surface area contributed by atoms with Crippen LogP contribution in [0.4, 0.5) is 17.1 Å². The van der Waals surface area contributed by atoms with Gasteiger partial charge in [-0.3, -0.25) is 0 Å². The van der Waals surface area contributed by atoms with Crippen molar-refractivity contribution in [1.82, 2.24) is 0 Å². The molecule has 4 rings (SSSR count). The summed E-state index contributed by atoms with van der Waals surface area (Å²) in [5.41, 5.74) is 7.57. The molecule has 3 aromatic rings. The van der Waals surface area contributed by atoms with Gasteiger partial charge in [-0.15, -0.1) is 0 Å². The highest BCUT2D eigenvalue weighted by Crippen LogP contribution is 2.30. The molecule has 1 fully saturated rings. The monoisotopic (exact) mass is 397 g/mol. The van der Waals surface area contributed by atoms with E-state index >= 15 is 0 Å². The minimum Gasteiger partial charge on any atom is -0.378 e. The number of anilines is 3. The second-order valence-electron chi connectivity index (χ2n) is 8.32. The molecule has 0 radical (unpaired) electrons. The van der Waals surface area contributed by atoms with Crippen molar-refractivity contribution < 1.29 is 0 Å². The van der Waals surface area contributed by atoms with Gasteiger partial charge in [-0.1, -0.05) is 53.6 Å². The summed E-state index contributed by atoms with van der Waals surface area (Å²) in [6.45, 7) is 6.29. The molecular weight excluding hydrogens is 366 g/mol. The van der Waals surface area contributed by atoms with Gasteiger partial charge in [0.05, 0.1) is 0 Å². The molecule has 1 saturated heterocycles. The Hall–Kier alpha value is -3.20. The van der Waals surface area contributed by atoms with Crippen molar-refractivity contribution in [2.75, 3.05) is 41.9 Å². The van der Waals surface area contributed by atoms with E-state index in [2.05, 4.69) is 128 Å². The number of rotatable bonds is 5. The number of nitrogens with zero attached hydrogens (tertiary/aromatic N) is 3. The van der Waals surface area contributed by atoms with Crippen LogP contribution in [0.5, 0.6) is 0 Å². The molecule has 0 atom stereocenters. The lowest BCUT2D eigenvalue weighted by molar-refractivity contribution is 0.803. The Morgan fingerprint density at radius 1 is 0.700 bits per heavy atom. The molecule has 3 nitrogen and oxygen atoms in total. The Labute approximate surface area is 180 Å². The van der Waals surface area contributed by atoms with Crippen LogP contribution >= 0.6 is 0 Å². The van der Waals surface area contributed by atoms with Crippen LogP contribution in [0.2, 0.25) is 0 Å². The lowest BCUT2D eigenvalue weighted by Crippen LogP contribution is -2.37. The Bertz CT molecular complexity index is 932. The average Bonchev–Trinajstić information content (AvgIpc) is 3.17. The Morgan fingerprint density at radius 3 is 1.60 bits per heavy atom. The fourth-order valence-corrected chi connectivity index (χ4v) is 3.97. The summed E-state index contributed by atoms with van der Waals surface area (Å²) in [4.78, 5) is 7.11. The molecule has 0 saturated carbocycles. The van der Waals surface area contributed by atoms with Gasteiger partial charge in [0.1, 0.15) is 6.17 Å². The van der Waals surface area contributed by atoms with Gasteiger partial charge >= 0.3 is 0 Å². The second-order valence-corrected chi connectivity index (χ2v) is 8.32. The first-order chi connectivity index (χ1) is 14.5. The lowest BCUT2D eigenvalue weighted by Gasteiger charge is -2.31. The minimum atomic E-state index is 0.184. The highest BCUT2D eigenvalue weighted by Gasteiger charge is 2.30. The predicted molar refractivity (Wildman–Crippen MR) is 131 cm³/mol. The molecule has 0 aliphatic carbocycles. The summed E-state index contributed by atoms with van der Waals surface area (Å²) in [6, 6.07) is 26.5. The van der Waals surface area contributed by atoms with Crippen LogP contribution in [0.25, 0.3) is 6.08 Å². The lowest BCUT2D eigenvalue weighted by atomic mass is 10.1.